The van der Waals surface area contributed by atoms with Crippen molar-refractivity contribution in [3.8, 4) is 0 Å². The van der Waals surface area contributed by atoms with E-state index in [0.29, 0.717) is 28.2 Å². The number of hydrogen-bond donors (Lipinski definition) is 3. The van der Waals surface area contributed by atoms with Crippen molar-refractivity contribution in [2.75, 3.05) is 34.4 Å². The number of aromatic nitrogens is 4. The van der Waals surface area contributed by atoms with Crippen LogP contribution in [0.4, 0.5) is 40.2 Å². The van der Waals surface area contributed by atoms with Gasteiger partial charge in [-0.3, -0.25) is 4.79 Å². The molecule has 4 aromatic rings. The molecule has 2 aromatic carbocycles. The number of rotatable bonds is 7. The number of amides is 1. The molecule has 1 amide bonds. The minimum Gasteiger partial charge on any atom is -0.382 e. The first-order chi connectivity index (χ1) is 17.9. The molecule has 0 radical (unpaired) electrons. The Balaban J connectivity index is 1.42. The summed E-state index contributed by atoms with van der Waals surface area (Å²) in [6, 6.07) is 13.5. The van der Waals surface area contributed by atoms with Crippen LogP contribution in [0.2, 0.25) is 0 Å². The van der Waals surface area contributed by atoms with E-state index in [0.717, 1.165) is 18.8 Å². The van der Waals surface area contributed by atoms with Gasteiger partial charge in [0.25, 0.3) is 0 Å². The Morgan fingerprint density at radius 1 is 1.00 bits per heavy atom. The lowest BCUT2D eigenvalue weighted by molar-refractivity contribution is -0.114. The molecule has 2 aromatic heterocycles. The highest BCUT2D eigenvalue weighted by Gasteiger charge is 2.15. The van der Waals surface area contributed by atoms with Crippen LogP contribution in [0.1, 0.15) is 39.7 Å². The fourth-order valence-corrected chi connectivity index (χ4v) is 4.31. The van der Waals surface area contributed by atoms with E-state index in [2.05, 4.69) is 52.8 Å². The van der Waals surface area contributed by atoms with Crippen molar-refractivity contribution in [1.82, 2.24) is 19.5 Å². The number of nitrogen functional groups attached to an aromatic ring is 1. The first-order valence-electron chi connectivity index (χ1n) is 12.3. The number of nitrogens with zero attached hydrogens (tertiary/aromatic N) is 7. The SMILES string of the molecule is CC(=O)Nc1ccc(/N=N/c2ccc(N3CCCC3)cc2)cc1Nc1nc(N)c2ncn(C(C)C)c2n1. The van der Waals surface area contributed by atoms with Crippen molar-refractivity contribution in [2.24, 2.45) is 10.2 Å². The van der Waals surface area contributed by atoms with Crippen molar-refractivity contribution < 1.29 is 4.79 Å². The van der Waals surface area contributed by atoms with Crippen LogP contribution in [-0.4, -0.2) is 38.5 Å². The Morgan fingerprint density at radius 3 is 2.41 bits per heavy atom. The summed E-state index contributed by atoms with van der Waals surface area (Å²) in [5, 5.41) is 14.8. The summed E-state index contributed by atoms with van der Waals surface area (Å²) >= 11 is 0. The zero-order valence-corrected chi connectivity index (χ0v) is 21.1. The largest absolute Gasteiger partial charge is 0.382 e. The van der Waals surface area contributed by atoms with Gasteiger partial charge in [-0.1, -0.05) is 0 Å². The van der Waals surface area contributed by atoms with Crippen LogP contribution in [0.5, 0.6) is 0 Å². The van der Waals surface area contributed by atoms with Crippen LogP contribution < -0.4 is 21.3 Å². The van der Waals surface area contributed by atoms with Gasteiger partial charge in [0.2, 0.25) is 11.9 Å². The first-order valence-corrected chi connectivity index (χ1v) is 12.3. The summed E-state index contributed by atoms with van der Waals surface area (Å²) in [6.07, 6.45) is 4.17. The van der Waals surface area contributed by atoms with Gasteiger partial charge in [0.15, 0.2) is 11.5 Å². The topological polar surface area (TPSA) is 139 Å². The Bertz CT molecular complexity index is 1450. The highest BCUT2D eigenvalue weighted by molar-refractivity contribution is 5.94. The van der Waals surface area contributed by atoms with Crippen LogP contribution in [0.3, 0.4) is 0 Å². The molecule has 11 nitrogen and oxygen atoms in total. The van der Waals surface area contributed by atoms with Crippen LogP contribution in [-0.2, 0) is 4.79 Å². The molecular weight excluding hydrogens is 468 g/mol. The van der Waals surface area contributed by atoms with Crippen molar-refractivity contribution in [1.29, 1.82) is 0 Å². The van der Waals surface area contributed by atoms with Crippen LogP contribution >= 0.6 is 0 Å². The molecule has 0 atom stereocenters. The molecule has 1 aliphatic rings. The van der Waals surface area contributed by atoms with Gasteiger partial charge in [-0.25, -0.2) is 4.98 Å². The zero-order valence-electron chi connectivity index (χ0n) is 21.1. The summed E-state index contributed by atoms with van der Waals surface area (Å²) in [6.45, 7) is 7.72. The lowest BCUT2D eigenvalue weighted by Gasteiger charge is -2.17. The summed E-state index contributed by atoms with van der Waals surface area (Å²) in [4.78, 5) is 27.5. The summed E-state index contributed by atoms with van der Waals surface area (Å²) in [7, 11) is 0. The van der Waals surface area contributed by atoms with E-state index in [1.807, 2.05) is 30.5 Å². The Morgan fingerprint density at radius 2 is 1.70 bits per heavy atom. The number of hydrogen-bond acceptors (Lipinski definition) is 9. The third-order valence-corrected chi connectivity index (χ3v) is 6.17. The molecule has 0 bridgehead atoms. The predicted molar refractivity (Wildman–Crippen MR) is 146 cm³/mol. The van der Waals surface area contributed by atoms with E-state index >= 15 is 0 Å². The smallest absolute Gasteiger partial charge is 0.231 e. The van der Waals surface area contributed by atoms with E-state index in [-0.39, 0.29) is 23.7 Å². The minimum absolute atomic E-state index is 0.148. The number of fused-ring (bicyclic) bond motifs is 1. The average molecular weight is 499 g/mol. The van der Waals surface area contributed by atoms with Gasteiger partial charge in [-0.2, -0.15) is 20.2 Å². The highest BCUT2D eigenvalue weighted by atomic mass is 16.1. The van der Waals surface area contributed by atoms with Crippen molar-refractivity contribution in [2.45, 2.75) is 39.7 Å². The van der Waals surface area contributed by atoms with E-state index < -0.39 is 0 Å². The molecule has 3 heterocycles. The maximum absolute atomic E-state index is 11.8. The third-order valence-electron chi connectivity index (χ3n) is 6.17. The molecule has 4 N–H and O–H groups in total. The molecule has 0 unspecified atom stereocenters. The van der Waals surface area contributed by atoms with Gasteiger partial charge in [0, 0.05) is 31.7 Å². The molecule has 0 saturated carbocycles. The second-order valence-electron chi connectivity index (χ2n) is 9.30. The maximum Gasteiger partial charge on any atom is 0.231 e. The molecule has 5 rings (SSSR count). The second-order valence-corrected chi connectivity index (χ2v) is 9.30. The molecule has 1 saturated heterocycles. The number of anilines is 5. The number of imidazole rings is 1. The molecule has 0 aliphatic carbocycles. The Kier molecular flexibility index (Phi) is 6.67. The highest BCUT2D eigenvalue weighted by Crippen LogP contribution is 2.32. The van der Waals surface area contributed by atoms with E-state index in [9.17, 15) is 4.79 Å². The van der Waals surface area contributed by atoms with Gasteiger partial charge in [0.05, 0.1) is 29.1 Å². The molecule has 1 aliphatic heterocycles. The number of nitrogens with one attached hydrogen (secondary N) is 2. The van der Waals surface area contributed by atoms with Gasteiger partial charge in [-0.15, -0.1) is 0 Å². The van der Waals surface area contributed by atoms with Crippen molar-refractivity contribution >= 4 is 57.3 Å². The van der Waals surface area contributed by atoms with Crippen LogP contribution in [0.25, 0.3) is 11.2 Å². The van der Waals surface area contributed by atoms with E-state index in [4.69, 9.17) is 5.73 Å². The van der Waals surface area contributed by atoms with Gasteiger partial charge in [-0.05, 0) is 69.2 Å². The maximum atomic E-state index is 11.8. The number of carbonyl (C=O) groups excluding carboxylic acids is 1. The van der Waals surface area contributed by atoms with Crippen molar-refractivity contribution in [3.05, 3.63) is 48.8 Å². The molecule has 37 heavy (non-hydrogen) atoms. The average Bonchev–Trinajstić information content (AvgIpc) is 3.55. The monoisotopic (exact) mass is 498 g/mol. The Hall–Kier alpha value is -4.54. The number of carbonyl (C=O) groups is 1. The van der Waals surface area contributed by atoms with Gasteiger partial charge in [0.1, 0.15) is 5.52 Å². The van der Waals surface area contributed by atoms with E-state index in [1.54, 1.807) is 24.5 Å². The summed E-state index contributed by atoms with van der Waals surface area (Å²) in [5.74, 6) is 0.344. The number of azo groups is 1. The standard InChI is InChI=1S/C26H30N10O/c1-16(2)36-15-28-23-24(27)31-26(32-25(23)36)30-22-14-19(8-11-21(22)29-17(3)37)34-33-18-6-9-20(10-7-18)35-12-4-5-13-35/h6-11,14-16H,4-5,12-13H2,1-3H3,(H,29,37)(H3,27,30,31,32)/b34-33+. The fourth-order valence-electron chi connectivity index (χ4n) is 4.31. The predicted octanol–water partition coefficient (Wildman–Crippen LogP) is 5.71. The van der Waals surface area contributed by atoms with Crippen LogP contribution in [0.15, 0.2) is 59.0 Å². The minimum atomic E-state index is -0.204. The first kappa shape index (κ1) is 24.2. The number of nitrogens with two attached hydrogens (primary N) is 1. The quantitative estimate of drug-likeness (QED) is 0.277. The van der Waals surface area contributed by atoms with Crippen LogP contribution in [0, 0.1) is 0 Å². The Labute approximate surface area is 214 Å². The molecular formula is C26H30N10O. The summed E-state index contributed by atoms with van der Waals surface area (Å²) in [5.41, 5.74) is 11.0. The molecule has 11 heteroatoms. The normalized spacial score (nSPS) is 13.7. The zero-order chi connectivity index (χ0) is 25.9. The third kappa shape index (κ3) is 5.35. The lowest BCUT2D eigenvalue weighted by Crippen LogP contribution is -2.17. The molecule has 0 spiro atoms. The lowest BCUT2D eigenvalue weighted by atomic mass is 10.2. The fraction of sp³-hybridized carbons (Fsp3) is 0.308. The number of benzene rings is 2. The van der Waals surface area contributed by atoms with Gasteiger partial charge >= 0.3 is 0 Å². The second kappa shape index (κ2) is 10.2. The van der Waals surface area contributed by atoms with Crippen molar-refractivity contribution in [3.63, 3.8) is 0 Å². The van der Waals surface area contributed by atoms with Gasteiger partial charge < -0.3 is 25.8 Å². The molecule has 1 fully saturated rings. The summed E-state index contributed by atoms with van der Waals surface area (Å²) < 4.78 is 1.92. The van der Waals surface area contributed by atoms with E-state index in [1.165, 1.54) is 25.5 Å². The molecule has 190 valence electrons.